The second kappa shape index (κ2) is 6.78. The number of fused-ring (bicyclic) bond motifs is 1. The molecule has 0 spiro atoms. The van der Waals surface area contributed by atoms with Crippen molar-refractivity contribution in [3.63, 3.8) is 0 Å². The quantitative estimate of drug-likeness (QED) is 0.882. The van der Waals surface area contributed by atoms with Gasteiger partial charge in [-0.1, -0.05) is 24.3 Å². The fraction of sp³-hybridized carbons (Fsp3) is 0.412. The van der Waals surface area contributed by atoms with E-state index in [1.165, 1.54) is 16.9 Å². The average molecular weight is 331 g/mol. The Morgan fingerprint density at radius 1 is 1.48 bits per heavy atom. The number of anilines is 1. The summed E-state index contributed by atoms with van der Waals surface area (Å²) in [6, 6.07) is 8.06. The standard InChI is InChI=1S/C17H21N3O2S/c1-3-20(11(2)21)17-19-13(10-23-17)9-18-16-14-7-5-4-6-12(14)8-15(16)22/h4-7,10,15-16,18,22H,3,8-9H2,1-2H3/t15-,16+/m0/s1. The Hall–Kier alpha value is -1.76. The molecule has 1 aliphatic rings. The molecule has 0 radical (unpaired) electrons. The number of aliphatic hydroxyl groups is 1. The van der Waals surface area contributed by atoms with Crippen LogP contribution in [0.2, 0.25) is 0 Å². The van der Waals surface area contributed by atoms with E-state index in [2.05, 4.69) is 22.4 Å². The van der Waals surface area contributed by atoms with Gasteiger partial charge < -0.3 is 10.4 Å². The van der Waals surface area contributed by atoms with Crippen LogP contribution in [-0.2, 0) is 17.8 Å². The Morgan fingerprint density at radius 2 is 2.26 bits per heavy atom. The number of rotatable bonds is 5. The number of aromatic nitrogens is 1. The Bertz CT molecular complexity index is 701. The van der Waals surface area contributed by atoms with E-state index in [-0.39, 0.29) is 11.9 Å². The molecule has 0 aliphatic heterocycles. The molecule has 1 heterocycles. The Morgan fingerprint density at radius 3 is 3.00 bits per heavy atom. The topological polar surface area (TPSA) is 65.5 Å². The molecule has 1 amide bonds. The van der Waals surface area contributed by atoms with Crippen LogP contribution in [0.4, 0.5) is 5.13 Å². The Balaban J connectivity index is 1.68. The summed E-state index contributed by atoms with van der Waals surface area (Å²) >= 11 is 1.47. The van der Waals surface area contributed by atoms with Gasteiger partial charge in [0, 0.05) is 31.8 Å². The third kappa shape index (κ3) is 3.29. The first-order chi connectivity index (χ1) is 11.1. The number of hydrogen-bond donors (Lipinski definition) is 2. The predicted octanol–water partition coefficient (Wildman–Crippen LogP) is 2.26. The summed E-state index contributed by atoms with van der Waals surface area (Å²) in [5.74, 6) is 0.00139. The van der Waals surface area contributed by atoms with Gasteiger partial charge in [0.05, 0.1) is 17.8 Å². The summed E-state index contributed by atoms with van der Waals surface area (Å²) in [4.78, 5) is 17.8. The maximum atomic E-state index is 11.6. The smallest absolute Gasteiger partial charge is 0.225 e. The van der Waals surface area contributed by atoms with E-state index in [0.717, 1.165) is 16.4 Å². The van der Waals surface area contributed by atoms with Gasteiger partial charge in [0.25, 0.3) is 0 Å². The third-order valence-electron chi connectivity index (χ3n) is 4.17. The van der Waals surface area contributed by atoms with Crippen LogP contribution in [0.5, 0.6) is 0 Å². The van der Waals surface area contributed by atoms with Crippen LogP contribution in [-0.4, -0.2) is 28.6 Å². The first-order valence-corrected chi connectivity index (χ1v) is 8.70. The highest BCUT2D eigenvalue weighted by Crippen LogP contribution is 2.31. The van der Waals surface area contributed by atoms with E-state index < -0.39 is 6.10 Å². The molecule has 1 aromatic carbocycles. The molecule has 3 rings (SSSR count). The van der Waals surface area contributed by atoms with Crippen LogP contribution < -0.4 is 10.2 Å². The second-order valence-corrected chi connectivity index (χ2v) is 6.55. The van der Waals surface area contributed by atoms with Gasteiger partial charge in [-0.3, -0.25) is 9.69 Å². The van der Waals surface area contributed by atoms with Crippen molar-refractivity contribution in [2.45, 2.75) is 39.0 Å². The van der Waals surface area contributed by atoms with Crippen molar-refractivity contribution in [3.05, 3.63) is 46.5 Å². The number of benzene rings is 1. The SMILES string of the molecule is CCN(C(C)=O)c1nc(CN[C@@H]2c3ccccc3C[C@@H]2O)cs1. The molecule has 2 atom stereocenters. The molecule has 0 fully saturated rings. The lowest BCUT2D eigenvalue weighted by Gasteiger charge is -2.17. The number of carbonyl (C=O) groups is 1. The number of hydrogen-bond acceptors (Lipinski definition) is 5. The van der Waals surface area contributed by atoms with Gasteiger partial charge in [0.15, 0.2) is 5.13 Å². The second-order valence-electron chi connectivity index (χ2n) is 5.71. The number of aliphatic hydroxyl groups excluding tert-OH is 1. The molecule has 1 aliphatic carbocycles. The number of carbonyl (C=O) groups excluding carboxylic acids is 1. The van der Waals surface area contributed by atoms with Crippen molar-refractivity contribution < 1.29 is 9.90 Å². The van der Waals surface area contributed by atoms with Gasteiger partial charge in [0.1, 0.15) is 0 Å². The summed E-state index contributed by atoms with van der Waals surface area (Å²) in [5, 5.41) is 16.3. The van der Waals surface area contributed by atoms with E-state index in [4.69, 9.17) is 0 Å². The highest BCUT2D eigenvalue weighted by atomic mass is 32.1. The predicted molar refractivity (Wildman–Crippen MR) is 91.5 cm³/mol. The fourth-order valence-electron chi connectivity index (χ4n) is 3.03. The minimum absolute atomic E-state index is 0.00139. The molecule has 0 unspecified atom stereocenters. The average Bonchev–Trinajstić information content (AvgIpc) is 3.09. The van der Waals surface area contributed by atoms with Crippen LogP contribution in [0.1, 0.15) is 36.7 Å². The molecule has 1 aromatic heterocycles. The van der Waals surface area contributed by atoms with Gasteiger partial charge in [-0.05, 0) is 18.1 Å². The van der Waals surface area contributed by atoms with E-state index in [1.807, 2.05) is 24.4 Å². The summed E-state index contributed by atoms with van der Waals surface area (Å²) in [7, 11) is 0. The van der Waals surface area contributed by atoms with E-state index in [0.29, 0.717) is 19.5 Å². The van der Waals surface area contributed by atoms with Gasteiger partial charge in [0.2, 0.25) is 5.91 Å². The minimum Gasteiger partial charge on any atom is -0.391 e. The Labute approximate surface area is 140 Å². The van der Waals surface area contributed by atoms with E-state index in [9.17, 15) is 9.90 Å². The molecular weight excluding hydrogens is 310 g/mol. The summed E-state index contributed by atoms with van der Waals surface area (Å²) in [5.41, 5.74) is 3.25. The molecule has 6 heteroatoms. The van der Waals surface area contributed by atoms with Crippen LogP contribution in [0.3, 0.4) is 0 Å². The zero-order valence-electron chi connectivity index (χ0n) is 13.3. The molecule has 122 valence electrons. The van der Waals surface area contributed by atoms with Gasteiger partial charge >= 0.3 is 0 Å². The molecular formula is C17H21N3O2S. The van der Waals surface area contributed by atoms with Crippen LogP contribution in [0.15, 0.2) is 29.6 Å². The van der Waals surface area contributed by atoms with Crippen molar-refractivity contribution in [1.82, 2.24) is 10.3 Å². The lowest BCUT2D eigenvalue weighted by molar-refractivity contribution is -0.116. The highest BCUT2D eigenvalue weighted by Gasteiger charge is 2.30. The molecule has 0 saturated heterocycles. The third-order valence-corrected chi connectivity index (χ3v) is 5.09. The minimum atomic E-state index is -0.408. The van der Waals surface area contributed by atoms with Crippen LogP contribution in [0, 0.1) is 0 Å². The Kier molecular flexibility index (Phi) is 4.75. The van der Waals surface area contributed by atoms with Crippen LogP contribution in [0.25, 0.3) is 0 Å². The molecule has 2 aromatic rings. The molecule has 0 saturated carbocycles. The van der Waals surface area contributed by atoms with Crippen molar-refractivity contribution in [2.24, 2.45) is 0 Å². The number of amides is 1. The maximum absolute atomic E-state index is 11.6. The maximum Gasteiger partial charge on any atom is 0.225 e. The van der Waals surface area contributed by atoms with E-state index >= 15 is 0 Å². The first-order valence-electron chi connectivity index (χ1n) is 7.82. The lowest BCUT2D eigenvalue weighted by Crippen LogP contribution is -2.29. The summed E-state index contributed by atoms with van der Waals surface area (Å²) < 4.78 is 0. The van der Waals surface area contributed by atoms with Crippen molar-refractivity contribution >= 4 is 22.4 Å². The van der Waals surface area contributed by atoms with Crippen molar-refractivity contribution in [1.29, 1.82) is 0 Å². The van der Waals surface area contributed by atoms with Gasteiger partial charge in [-0.25, -0.2) is 4.98 Å². The van der Waals surface area contributed by atoms with Gasteiger partial charge in [-0.2, -0.15) is 0 Å². The molecule has 23 heavy (non-hydrogen) atoms. The zero-order chi connectivity index (χ0) is 16.4. The normalized spacial score (nSPS) is 19.6. The number of nitrogens with zero attached hydrogens (tertiary/aromatic N) is 2. The zero-order valence-corrected chi connectivity index (χ0v) is 14.1. The molecule has 2 N–H and O–H groups in total. The molecule has 5 nitrogen and oxygen atoms in total. The first kappa shape index (κ1) is 16.1. The van der Waals surface area contributed by atoms with E-state index in [1.54, 1.807) is 11.8 Å². The van der Waals surface area contributed by atoms with Crippen molar-refractivity contribution in [3.8, 4) is 0 Å². The lowest BCUT2D eigenvalue weighted by atomic mass is 10.1. The highest BCUT2D eigenvalue weighted by molar-refractivity contribution is 7.14. The summed E-state index contributed by atoms with van der Waals surface area (Å²) in [6.45, 7) is 4.67. The monoisotopic (exact) mass is 331 g/mol. The van der Waals surface area contributed by atoms with Gasteiger partial charge in [-0.15, -0.1) is 11.3 Å². The largest absolute Gasteiger partial charge is 0.391 e. The van der Waals surface area contributed by atoms with Crippen LogP contribution >= 0.6 is 11.3 Å². The summed E-state index contributed by atoms with van der Waals surface area (Å²) in [6.07, 6.45) is 0.277. The van der Waals surface area contributed by atoms with Crippen molar-refractivity contribution in [2.75, 3.05) is 11.4 Å². The fourth-order valence-corrected chi connectivity index (χ4v) is 3.96. The number of thiazole rings is 1. The number of nitrogens with one attached hydrogen (secondary N) is 1. The molecule has 0 bridgehead atoms.